The summed E-state index contributed by atoms with van der Waals surface area (Å²) >= 11 is 0. The number of oxime groups is 1. The van der Waals surface area contributed by atoms with Crippen molar-refractivity contribution >= 4 is 11.5 Å². The Kier molecular flexibility index (Phi) is 14.9. The zero-order valence-corrected chi connectivity index (χ0v) is 31.5. The van der Waals surface area contributed by atoms with Crippen LogP contribution in [0.5, 0.6) is 0 Å². The zero-order valence-electron chi connectivity index (χ0n) is 31.5. The Morgan fingerprint density at radius 3 is 2.50 bits per heavy atom. The Balaban J connectivity index is 0.000000979. The molecule has 12 atom stereocenters. The number of carbonyl (C=O) groups excluding carboxylic acids is 1. The SMILES string of the molecule is C=C1CC[C@H](CCC2OC(CC[C@]34CC(OC)C(O3)/C(=N\O)CC([C@]3(N)CCCC(CC(=O)CC5CCO[C@H]5C)O3)O4)CC2=C)OC1.CC(O)CO. The van der Waals surface area contributed by atoms with Gasteiger partial charge in [0.15, 0.2) is 5.79 Å². The zero-order chi connectivity index (χ0) is 37.5. The second-order valence-corrected chi connectivity index (χ2v) is 16.0. The van der Waals surface area contributed by atoms with Crippen molar-refractivity contribution in [2.75, 3.05) is 26.9 Å². The number of carbonyl (C=O) groups is 1. The maximum Gasteiger partial charge on any atom is 0.172 e. The van der Waals surface area contributed by atoms with Gasteiger partial charge in [-0.25, -0.2) is 0 Å². The van der Waals surface area contributed by atoms with Gasteiger partial charge in [0.2, 0.25) is 0 Å². The van der Waals surface area contributed by atoms with Crippen LogP contribution in [-0.2, 0) is 38.0 Å². The molecule has 6 rings (SSSR count). The summed E-state index contributed by atoms with van der Waals surface area (Å²) in [5.74, 6) is -0.580. The van der Waals surface area contributed by atoms with E-state index < -0.39 is 29.8 Å². The van der Waals surface area contributed by atoms with Crippen LogP contribution in [0.4, 0.5) is 0 Å². The molecule has 296 valence electrons. The minimum Gasteiger partial charge on any atom is -0.411 e. The van der Waals surface area contributed by atoms with Gasteiger partial charge < -0.3 is 54.3 Å². The predicted molar refractivity (Wildman–Crippen MR) is 193 cm³/mol. The minimum absolute atomic E-state index is 0.00463. The first-order chi connectivity index (χ1) is 24.9. The van der Waals surface area contributed by atoms with Crippen LogP contribution in [0.15, 0.2) is 29.5 Å². The van der Waals surface area contributed by atoms with Gasteiger partial charge in [0.05, 0.1) is 61.7 Å². The highest BCUT2D eigenvalue weighted by molar-refractivity contribution is 5.90. The number of nitrogens with zero attached hydrogens (tertiary/aromatic N) is 1. The van der Waals surface area contributed by atoms with E-state index in [1.54, 1.807) is 7.11 Å². The Morgan fingerprint density at radius 2 is 1.85 bits per heavy atom. The number of fused-ring (bicyclic) bond motifs is 2. The first-order valence-corrected chi connectivity index (χ1v) is 19.4. The van der Waals surface area contributed by atoms with Crippen molar-refractivity contribution in [2.45, 2.75) is 177 Å². The molecular weight excluding hydrogens is 672 g/mol. The quantitative estimate of drug-likeness (QED) is 0.119. The van der Waals surface area contributed by atoms with Crippen LogP contribution in [-0.4, -0.2) is 120 Å². The van der Waals surface area contributed by atoms with Gasteiger partial charge in [0, 0.05) is 45.8 Å². The fourth-order valence-corrected chi connectivity index (χ4v) is 8.57. The van der Waals surface area contributed by atoms with E-state index >= 15 is 0 Å². The number of nitrogens with two attached hydrogens (primary N) is 1. The summed E-state index contributed by atoms with van der Waals surface area (Å²) in [6.07, 6.45) is 8.48. The molecule has 0 saturated carbocycles. The molecule has 0 radical (unpaired) electrons. The van der Waals surface area contributed by atoms with Crippen molar-refractivity contribution in [2.24, 2.45) is 16.8 Å². The molecule has 6 heterocycles. The Bertz CT molecular complexity index is 1240. The largest absolute Gasteiger partial charge is 0.411 e. The van der Waals surface area contributed by atoms with Gasteiger partial charge in [-0.05, 0) is 89.5 Å². The topological polar surface area (TPSA) is 181 Å². The number of hydrogen-bond acceptors (Lipinski definition) is 13. The number of aliphatic hydroxyl groups is 2. The first kappa shape index (κ1) is 41.4. The lowest BCUT2D eigenvalue weighted by atomic mass is 9.87. The predicted octanol–water partition coefficient (Wildman–Crippen LogP) is 4.47. The highest BCUT2D eigenvalue weighted by atomic mass is 16.7. The third-order valence-electron chi connectivity index (χ3n) is 11.7. The van der Waals surface area contributed by atoms with Gasteiger partial charge in [-0.2, -0.15) is 0 Å². The number of aliphatic hydroxyl groups excluding tert-OH is 2. The summed E-state index contributed by atoms with van der Waals surface area (Å²) in [5.41, 5.74) is 8.59. The van der Waals surface area contributed by atoms with E-state index in [0.717, 1.165) is 56.9 Å². The molecule has 6 saturated heterocycles. The third-order valence-corrected chi connectivity index (χ3v) is 11.7. The highest BCUT2D eigenvalue weighted by Gasteiger charge is 2.57. The minimum atomic E-state index is -1.16. The number of ketones is 1. The van der Waals surface area contributed by atoms with Crippen LogP contribution < -0.4 is 5.73 Å². The standard InChI is InChI=1S/C36H56N2O9.C3H8O2/c1-22-7-8-27(43-21-22)9-10-31-23(2)16-28(44-31)11-14-35-20-32(41-4)34(47-35)30(38-40)19-33(46-35)36(37)13-5-6-29(45-36)18-26(39)17-25-12-15-42-24(25)3;1-3(5)2-4/h24-25,27-29,31-34,40H,1-2,5-21,37H2,3-4H3;3-5H,2H2,1H3/b38-30-;/t24-,25?,27+,28?,29?,31?,32?,33?,34?,35+,36-;/m0./s1. The summed E-state index contributed by atoms with van der Waals surface area (Å²) < 4.78 is 43.9. The molecule has 13 nitrogen and oxygen atoms in total. The second-order valence-electron chi connectivity index (χ2n) is 16.0. The lowest BCUT2D eigenvalue weighted by Gasteiger charge is -2.45. The molecule has 5 N–H and O–H groups in total. The number of methoxy groups -OCH3 is 1. The summed E-state index contributed by atoms with van der Waals surface area (Å²) in [6.45, 7) is 13.2. The molecule has 52 heavy (non-hydrogen) atoms. The number of rotatable bonds is 13. The fraction of sp³-hybridized carbons (Fsp3) is 0.846. The summed E-state index contributed by atoms with van der Waals surface area (Å²) in [4.78, 5) is 13.0. The lowest BCUT2D eigenvalue weighted by molar-refractivity contribution is -0.286. The molecule has 6 aliphatic heterocycles. The molecule has 0 spiro atoms. The number of Topliss-reactive ketones (excluding diaryl/α,β-unsaturated/α-hetero) is 1. The smallest absolute Gasteiger partial charge is 0.172 e. The number of ether oxygens (including phenoxy) is 7. The Hall–Kier alpha value is -1.78. The molecule has 13 heteroatoms. The first-order valence-electron chi connectivity index (χ1n) is 19.4. The van der Waals surface area contributed by atoms with E-state index in [4.69, 9.17) is 49.1 Å². The normalized spacial score (nSPS) is 40.7. The van der Waals surface area contributed by atoms with E-state index in [1.165, 1.54) is 12.5 Å². The maximum atomic E-state index is 13.0. The fourth-order valence-electron chi connectivity index (χ4n) is 8.57. The molecular formula is C39H64N2O11. The van der Waals surface area contributed by atoms with Crippen LogP contribution in [0.1, 0.15) is 110 Å². The van der Waals surface area contributed by atoms with E-state index in [9.17, 15) is 10.0 Å². The van der Waals surface area contributed by atoms with Crippen molar-refractivity contribution < 1.29 is 53.4 Å². The van der Waals surface area contributed by atoms with E-state index in [2.05, 4.69) is 18.3 Å². The molecule has 0 aliphatic carbocycles. The van der Waals surface area contributed by atoms with Gasteiger partial charge in [-0.1, -0.05) is 23.9 Å². The Labute approximate surface area is 309 Å². The van der Waals surface area contributed by atoms with Gasteiger partial charge in [-0.3, -0.25) is 4.79 Å². The van der Waals surface area contributed by atoms with E-state index in [0.29, 0.717) is 57.5 Å². The van der Waals surface area contributed by atoms with Gasteiger partial charge in [-0.15, -0.1) is 0 Å². The summed E-state index contributed by atoms with van der Waals surface area (Å²) in [7, 11) is 1.64. The molecule has 0 aromatic heterocycles. The molecule has 0 aromatic carbocycles. The van der Waals surface area contributed by atoms with Crippen LogP contribution in [0, 0.1) is 5.92 Å². The van der Waals surface area contributed by atoms with E-state index in [-0.39, 0.29) is 61.4 Å². The molecule has 6 fully saturated rings. The molecule has 6 aliphatic rings. The number of hydrogen-bond donors (Lipinski definition) is 4. The van der Waals surface area contributed by atoms with Crippen molar-refractivity contribution in [1.82, 2.24) is 0 Å². The molecule has 2 bridgehead atoms. The summed E-state index contributed by atoms with van der Waals surface area (Å²) in [5, 5.41) is 29.7. The molecule has 0 aromatic rings. The van der Waals surface area contributed by atoms with Crippen LogP contribution in [0.3, 0.4) is 0 Å². The van der Waals surface area contributed by atoms with Crippen molar-refractivity contribution in [3.63, 3.8) is 0 Å². The average molecular weight is 737 g/mol. The van der Waals surface area contributed by atoms with Crippen molar-refractivity contribution in [3.8, 4) is 0 Å². The highest BCUT2D eigenvalue weighted by Crippen LogP contribution is 2.46. The van der Waals surface area contributed by atoms with E-state index in [1.807, 2.05) is 6.92 Å². The summed E-state index contributed by atoms with van der Waals surface area (Å²) in [6, 6.07) is 0. The second kappa shape index (κ2) is 18.7. The maximum absolute atomic E-state index is 13.0. The van der Waals surface area contributed by atoms with Crippen LogP contribution in [0.2, 0.25) is 0 Å². The third kappa shape index (κ3) is 10.7. The van der Waals surface area contributed by atoms with Gasteiger partial charge in [0.1, 0.15) is 23.7 Å². The Morgan fingerprint density at radius 1 is 1.06 bits per heavy atom. The van der Waals surface area contributed by atoms with Gasteiger partial charge >= 0.3 is 0 Å². The van der Waals surface area contributed by atoms with Gasteiger partial charge in [0.25, 0.3) is 0 Å². The monoisotopic (exact) mass is 736 g/mol. The average Bonchev–Trinajstić information content (AvgIpc) is 3.77. The van der Waals surface area contributed by atoms with Crippen molar-refractivity contribution in [3.05, 3.63) is 24.3 Å². The van der Waals surface area contributed by atoms with Crippen LogP contribution in [0.25, 0.3) is 0 Å². The van der Waals surface area contributed by atoms with Crippen LogP contribution >= 0.6 is 0 Å². The lowest BCUT2D eigenvalue weighted by Crippen LogP contribution is -2.60. The molecule has 8 unspecified atom stereocenters. The molecule has 0 amide bonds. The van der Waals surface area contributed by atoms with Crippen molar-refractivity contribution in [1.29, 1.82) is 0 Å².